The number of hydrogen-bond acceptors (Lipinski definition) is 8. The Kier molecular flexibility index (Phi) is 9.33. The lowest BCUT2D eigenvalue weighted by atomic mass is 10.2. The Morgan fingerprint density at radius 2 is 2.06 bits per heavy atom. The van der Waals surface area contributed by atoms with Crippen molar-refractivity contribution < 1.29 is 19.4 Å². The lowest BCUT2D eigenvalue weighted by molar-refractivity contribution is 0.0761. The third kappa shape index (κ3) is 6.36. The highest BCUT2D eigenvalue weighted by molar-refractivity contribution is 6.32. The van der Waals surface area contributed by atoms with Crippen LogP contribution >= 0.6 is 11.6 Å². The molecule has 3 rings (SSSR count). The van der Waals surface area contributed by atoms with Crippen molar-refractivity contribution in [2.24, 2.45) is 0 Å². The summed E-state index contributed by atoms with van der Waals surface area (Å²) < 4.78 is 5.22. The zero-order chi connectivity index (χ0) is 26.4. The number of urea groups is 1. The van der Waals surface area contributed by atoms with Crippen molar-refractivity contribution in [3.63, 3.8) is 0 Å². The van der Waals surface area contributed by atoms with Gasteiger partial charge in [-0.05, 0) is 58.2 Å². The summed E-state index contributed by atoms with van der Waals surface area (Å²) in [6.45, 7) is 8.24. The van der Waals surface area contributed by atoms with Gasteiger partial charge in [0, 0.05) is 31.4 Å². The van der Waals surface area contributed by atoms with E-state index in [2.05, 4.69) is 20.6 Å². The number of methoxy groups -OCH3 is 1. The molecule has 3 amide bonds. The van der Waals surface area contributed by atoms with Crippen molar-refractivity contribution in [2.45, 2.75) is 65.2 Å². The van der Waals surface area contributed by atoms with Crippen molar-refractivity contribution in [1.29, 1.82) is 0 Å². The van der Waals surface area contributed by atoms with Gasteiger partial charge in [0.15, 0.2) is 0 Å². The number of rotatable bonds is 9. The lowest BCUT2D eigenvalue weighted by Gasteiger charge is -2.27. The van der Waals surface area contributed by atoms with Gasteiger partial charge in [0.05, 0.1) is 24.8 Å². The Hall–Kier alpha value is -3.11. The molecule has 3 N–H and O–H groups in total. The van der Waals surface area contributed by atoms with E-state index in [4.69, 9.17) is 16.3 Å². The average Bonchev–Trinajstić information content (AvgIpc) is 3.31. The fourth-order valence-electron chi connectivity index (χ4n) is 4.10. The summed E-state index contributed by atoms with van der Waals surface area (Å²) in [5.41, 5.74) is 1.03. The number of anilines is 2. The van der Waals surface area contributed by atoms with E-state index in [0.717, 1.165) is 18.4 Å². The summed E-state index contributed by atoms with van der Waals surface area (Å²) in [6, 6.07) is 4.32. The van der Waals surface area contributed by atoms with E-state index in [1.54, 1.807) is 33.1 Å². The Labute approximate surface area is 217 Å². The molecule has 1 aromatic carbocycles. The van der Waals surface area contributed by atoms with Crippen LogP contribution in [0.1, 0.15) is 56.5 Å². The summed E-state index contributed by atoms with van der Waals surface area (Å²) in [7, 11) is 1.55. The van der Waals surface area contributed by atoms with E-state index >= 15 is 0 Å². The van der Waals surface area contributed by atoms with Crippen LogP contribution in [0, 0.1) is 0 Å². The molecule has 36 heavy (non-hydrogen) atoms. The quantitative estimate of drug-likeness (QED) is 0.460. The molecule has 1 aromatic heterocycles. The molecule has 0 saturated carbocycles. The first-order valence-corrected chi connectivity index (χ1v) is 12.5. The van der Waals surface area contributed by atoms with Crippen molar-refractivity contribution in [1.82, 2.24) is 20.2 Å². The first-order valence-electron chi connectivity index (χ1n) is 12.1. The Morgan fingerprint density at radius 3 is 2.67 bits per heavy atom. The number of hydrogen-bond donors (Lipinski definition) is 3. The molecule has 0 radical (unpaired) electrons. The average molecular weight is 519 g/mol. The minimum atomic E-state index is -0.509. The van der Waals surface area contributed by atoms with Gasteiger partial charge in [-0.3, -0.25) is 9.69 Å². The summed E-state index contributed by atoms with van der Waals surface area (Å²) in [6.07, 6.45) is 3.20. The summed E-state index contributed by atoms with van der Waals surface area (Å²) in [5, 5.41) is 16.2. The van der Waals surface area contributed by atoms with E-state index < -0.39 is 11.9 Å². The van der Waals surface area contributed by atoms with Crippen molar-refractivity contribution in [2.75, 3.05) is 30.5 Å². The highest BCUT2D eigenvalue weighted by atomic mass is 35.5. The minimum Gasteiger partial charge on any atom is -0.495 e. The Bertz CT molecular complexity index is 1080. The predicted octanol–water partition coefficient (Wildman–Crippen LogP) is 3.68. The minimum absolute atomic E-state index is 0.00630. The molecule has 11 heteroatoms. The molecule has 2 heterocycles. The van der Waals surface area contributed by atoms with E-state index in [-0.39, 0.29) is 30.3 Å². The van der Waals surface area contributed by atoms with Crippen LogP contribution in [0.2, 0.25) is 5.02 Å². The van der Waals surface area contributed by atoms with Crippen LogP contribution in [-0.4, -0.2) is 70.3 Å². The van der Waals surface area contributed by atoms with Crippen LogP contribution in [0.5, 0.6) is 5.75 Å². The van der Waals surface area contributed by atoms with Gasteiger partial charge < -0.3 is 25.4 Å². The molecule has 0 aliphatic carbocycles. The van der Waals surface area contributed by atoms with Crippen molar-refractivity contribution in [3.8, 4) is 5.75 Å². The molecule has 1 aliphatic heterocycles. The van der Waals surface area contributed by atoms with Crippen LogP contribution in [0.4, 0.5) is 16.6 Å². The van der Waals surface area contributed by atoms with Crippen molar-refractivity contribution in [3.05, 3.63) is 40.5 Å². The number of ether oxygens (including phenoxy) is 1. The number of carbonyl (C=O) groups excluding carboxylic acids is 2. The Morgan fingerprint density at radius 1 is 1.31 bits per heavy atom. The zero-order valence-corrected chi connectivity index (χ0v) is 22.2. The lowest BCUT2D eigenvalue weighted by Crippen LogP contribution is -2.49. The fraction of sp³-hybridized carbons (Fsp3) is 0.520. The number of halogens is 1. The van der Waals surface area contributed by atoms with Gasteiger partial charge in [-0.2, -0.15) is 4.98 Å². The molecular formula is C25H35ClN6O4. The molecule has 0 spiro atoms. The summed E-state index contributed by atoms with van der Waals surface area (Å²) >= 11 is 6.28. The molecular weight excluding hydrogens is 484 g/mol. The standard InChI is InChI=1S/C25H35ClN6O4/c1-15(2)29-25(35)32(16(3)4)23(34)19-13-28-24(31-10-6-7-18(31)14-33)30-22(19)27-12-17-8-9-21(36-5)20(26)11-17/h8-9,11,13,15-16,18,33H,6-7,10,12,14H2,1-5H3,(H,29,35)(H,27,28,30)/t18-/m0/s1. The molecule has 1 saturated heterocycles. The number of nitrogens with one attached hydrogen (secondary N) is 2. The van der Waals surface area contributed by atoms with E-state index in [1.807, 2.05) is 24.8 Å². The molecule has 1 atom stereocenters. The van der Waals surface area contributed by atoms with Gasteiger partial charge in [0.2, 0.25) is 5.95 Å². The second-order valence-electron chi connectivity index (χ2n) is 9.30. The van der Waals surface area contributed by atoms with Crippen LogP contribution in [0.3, 0.4) is 0 Å². The van der Waals surface area contributed by atoms with E-state index in [0.29, 0.717) is 35.6 Å². The van der Waals surface area contributed by atoms with E-state index in [1.165, 1.54) is 11.1 Å². The first kappa shape index (κ1) is 27.5. The Balaban J connectivity index is 1.96. The molecule has 0 unspecified atom stereocenters. The van der Waals surface area contributed by atoms with Crippen LogP contribution in [0.25, 0.3) is 0 Å². The van der Waals surface area contributed by atoms with Gasteiger partial charge >= 0.3 is 6.03 Å². The molecule has 0 bridgehead atoms. The topological polar surface area (TPSA) is 120 Å². The zero-order valence-electron chi connectivity index (χ0n) is 21.4. The number of aromatic nitrogens is 2. The SMILES string of the molecule is COc1ccc(CNc2nc(N3CCC[C@H]3CO)ncc2C(=O)N(C(=O)NC(C)C)C(C)C)cc1Cl. The monoisotopic (exact) mass is 518 g/mol. The molecule has 1 aliphatic rings. The van der Waals surface area contributed by atoms with Crippen LogP contribution in [-0.2, 0) is 6.54 Å². The second-order valence-corrected chi connectivity index (χ2v) is 9.71. The number of nitrogens with zero attached hydrogens (tertiary/aromatic N) is 4. The van der Waals surface area contributed by atoms with Crippen LogP contribution < -0.4 is 20.3 Å². The van der Waals surface area contributed by atoms with Crippen LogP contribution in [0.15, 0.2) is 24.4 Å². The summed E-state index contributed by atoms with van der Waals surface area (Å²) in [4.78, 5) is 38.6. The molecule has 1 fully saturated rings. The van der Waals surface area contributed by atoms with Gasteiger partial charge in [-0.25, -0.2) is 9.78 Å². The number of carbonyl (C=O) groups is 2. The number of amides is 3. The maximum absolute atomic E-state index is 13.6. The number of benzene rings is 1. The second kappa shape index (κ2) is 12.2. The third-order valence-corrected chi connectivity index (χ3v) is 6.19. The highest BCUT2D eigenvalue weighted by Crippen LogP contribution is 2.28. The molecule has 196 valence electrons. The molecule has 2 aromatic rings. The van der Waals surface area contributed by atoms with Gasteiger partial charge in [-0.15, -0.1) is 0 Å². The number of aliphatic hydroxyl groups excluding tert-OH is 1. The number of imide groups is 1. The normalized spacial score (nSPS) is 15.4. The molecule has 10 nitrogen and oxygen atoms in total. The third-order valence-electron chi connectivity index (χ3n) is 5.89. The fourth-order valence-corrected chi connectivity index (χ4v) is 4.38. The number of aliphatic hydroxyl groups is 1. The maximum Gasteiger partial charge on any atom is 0.324 e. The van der Waals surface area contributed by atoms with E-state index in [9.17, 15) is 14.7 Å². The van der Waals surface area contributed by atoms with Gasteiger partial charge in [0.1, 0.15) is 17.1 Å². The van der Waals surface area contributed by atoms with Gasteiger partial charge in [-0.1, -0.05) is 17.7 Å². The highest BCUT2D eigenvalue weighted by Gasteiger charge is 2.31. The predicted molar refractivity (Wildman–Crippen MR) is 140 cm³/mol. The first-order chi connectivity index (χ1) is 17.2. The maximum atomic E-state index is 13.6. The largest absolute Gasteiger partial charge is 0.495 e. The van der Waals surface area contributed by atoms with Crippen molar-refractivity contribution >= 4 is 35.3 Å². The van der Waals surface area contributed by atoms with Gasteiger partial charge in [0.25, 0.3) is 5.91 Å². The smallest absolute Gasteiger partial charge is 0.324 e. The summed E-state index contributed by atoms with van der Waals surface area (Å²) in [5.74, 6) is 0.767.